The third-order valence-electron chi connectivity index (χ3n) is 3.63. The lowest BCUT2D eigenvalue weighted by Crippen LogP contribution is -2.27. The second kappa shape index (κ2) is 9.04. The fourth-order valence-corrected chi connectivity index (χ4v) is 2.14. The highest BCUT2D eigenvalue weighted by Crippen LogP contribution is 2.16. The van der Waals surface area contributed by atoms with Gasteiger partial charge in [0.25, 0.3) is 5.91 Å². The molecule has 0 aliphatic carbocycles. The number of benzene rings is 2. The molecule has 0 fully saturated rings. The Morgan fingerprint density at radius 1 is 0.962 bits per heavy atom. The normalized spacial score (nSPS) is 11.7. The van der Waals surface area contributed by atoms with Crippen LogP contribution < -0.4 is 10.1 Å². The number of amides is 1. The summed E-state index contributed by atoms with van der Waals surface area (Å²) in [5, 5.41) is 2.84. The van der Waals surface area contributed by atoms with Gasteiger partial charge in [-0.1, -0.05) is 31.5 Å². The second-order valence-electron chi connectivity index (χ2n) is 6.63. The van der Waals surface area contributed by atoms with Crippen LogP contribution in [0.4, 0.5) is 5.69 Å². The lowest BCUT2D eigenvalue weighted by molar-refractivity contribution is -0.152. The average molecular weight is 355 g/mol. The Balaban J connectivity index is 1.91. The van der Waals surface area contributed by atoms with Crippen LogP contribution in [0.25, 0.3) is 0 Å². The van der Waals surface area contributed by atoms with Crippen molar-refractivity contribution in [3.8, 4) is 5.75 Å². The number of carbonyl (C=O) groups is 2. The van der Waals surface area contributed by atoms with Crippen molar-refractivity contribution in [1.82, 2.24) is 0 Å². The third kappa shape index (κ3) is 5.92. The van der Waals surface area contributed by atoms with Gasteiger partial charge in [-0.2, -0.15) is 0 Å². The number of nitrogens with one attached hydrogen (secondary N) is 1. The van der Waals surface area contributed by atoms with Gasteiger partial charge in [-0.3, -0.25) is 4.79 Å². The average Bonchev–Trinajstić information content (AvgIpc) is 2.62. The number of aryl methyl sites for hydroxylation is 1. The van der Waals surface area contributed by atoms with E-state index in [0.717, 1.165) is 11.3 Å². The number of ether oxygens (including phenoxy) is 2. The van der Waals surface area contributed by atoms with Crippen molar-refractivity contribution in [1.29, 1.82) is 0 Å². The van der Waals surface area contributed by atoms with Crippen LogP contribution in [0.2, 0.25) is 0 Å². The van der Waals surface area contributed by atoms with Gasteiger partial charge in [-0.15, -0.1) is 0 Å². The number of rotatable bonds is 7. The van der Waals surface area contributed by atoms with Crippen molar-refractivity contribution in [2.75, 3.05) is 11.9 Å². The van der Waals surface area contributed by atoms with E-state index in [0.29, 0.717) is 17.9 Å². The van der Waals surface area contributed by atoms with E-state index in [1.165, 1.54) is 0 Å². The summed E-state index contributed by atoms with van der Waals surface area (Å²) in [4.78, 5) is 24.1. The zero-order valence-corrected chi connectivity index (χ0v) is 15.6. The van der Waals surface area contributed by atoms with Gasteiger partial charge < -0.3 is 14.8 Å². The summed E-state index contributed by atoms with van der Waals surface area (Å²) in [5.74, 6) is 0.174. The van der Waals surface area contributed by atoms with E-state index in [9.17, 15) is 9.59 Å². The molecule has 0 radical (unpaired) electrons. The van der Waals surface area contributed by atoms with Gasteiger partial charge in [0.15, 0.2) is 6.10 Å². The standard InChI is InChI=1S/C21H25NO4/c1-14(2)13-25-21(24)16(4)26-19-11-7-17(8-12-19)20(23)22-18-9-5-15(3)6-10-18/h5-12,14,16H,13H2,1-4H3,(H,22,23)/t16-/m0/s1. The Labute approximate surface area is 154 Å². The Kier molecular flexibility index (Phi) is 6.78. The summed E-state index contributed by atoms with van der Waals surface area (Å²) in [6, 6.07) is 14.2. The molecule has 1 N–H and O–H groups in total. The summed E-state index contributed by atoms with van der Waals surface area (Å²) < 4.78 is 10.7. The van der Waals surface area contributed by atoms with E-state index >= 15 is 0 Å². The number of esters is 1. The minimum atomic E-state index is -0.707. The molecule has 2 aromatic rings. The molecular formula is C21H25NO4. The quantitative estimate of drug-likeness (QED) is 0.756. The first-order valence-electron chi connectivity index (χ1n) is 8.66. The minimum absolute atomic E-state index is 0.204. The first-order valence-corrected chi connectivity index (χ1v) is 8.66. The van der Waals surface area contributed by atoms with E-state index in [4.69, 9.17) is 9.47 Å². The fraction of sp³-hybridized carbons (Fsp3) is 0.333. The topological polar surface area (TPSA) is 64.6 Å². The first-order chi connectivity index (χ1) is 12.3. The molecule has 1 amide bonds. The SMILES string of the molecule is Cc1ccc(NC(=O)c2ccc(O[C@@H](C)C(=O)OCC(C)C)cc2)cc1. The lowest BCUT2D eigenvalue weighted by Gasteiger charge is -2.15. The van der Waals surface area contributed by atoms with Gasteiger partial charge in [0.1, 0.15) is 5.75 Å². The van der Waals surface area contributed by atoms with E-state index in [2.05, 4.69) is 5.32 Å². The van der Waals surface area contributed by atoms with Crippen molar-refractivity contribution in [3.05, 3.63) is 59.7 Å². The van der Waals surface area contributed by atoms with Crippen molar-refractivity contribution in [2.24, 2.45) is 5.92 Å². The second-order valence-corrected chi connectivity index (χ2v) is 6.63. The molecule has 1 atom stereocenters. The highest BCUT2D eigenvalue weighted by molar-refractivity contribution is 6.04. The molecule has 0 spiro atoms. The van der Waals surface area contributed by atoms with Gasteiger partial charge >= 0.3 is 5.97 Å². The van der Waals surface area contributed by atoms with Gasteiger partial charge in [0.05, 0.1) is 6.61 Å². The molecule has 26 heavy (non-hydrogen) atoms. The van der Waals surface area contributed by atoms with Crippen LogP contribution in [0.3, 0.4) is 0 Å². The van der Waals surface area contributed by atoms with Crippen LogP contribution in [0.1, 0.15) is 36.7 Å². The molecular weight excluding hydrogens is 330 g/mol. The zero-order valence-electron chi connectivity index (χ0n) is 15.6. The molecule has 5 heteroatoms. The maximum absolute atomic E-state index is 12.3. The molecule has 0 aliphatic heterocycles. The van der Waals surface area contributed by atoms with Crippen molar-refractivity contribution >= 4 is 17.6 Å². The summed E-state index contributed by atoms with van der Waals surface area (Å²) >= 11 is 0. The van der Waals surface area contributed by atoms with E-state index in [1.54, 1.807) is 31.2 Å². The summed E-state index contributed by atoms with van der Waals surface area (Å²) in [5.41, 5.74) is 2.38. The van der Waals surface area contributed by atoms with Crippen LogP contribution in [0.5, 0.6) is 5.75 Å². The lowest BCUT2D eigenvalue weighted by atomic mass is 10.2. The monoisotopic (exact) mass is 355 g/mol. The van der Waals surface area contributed by atoms with Crippen molar-refractivity contribution < 1.29 is 19.1 Å². The third-order valence-corrected chi connectivity index (χ3v) is 3.63. The molecule has 5 nitrogen and oxygen atoms in total. The van der Waals surface area contributed by atoms with E-state index in [1.807, 2.05) is 45.0 Å². The molecule has 0 bridgehead atoms. The number of anilines is 1. The maximum Gasteiger partial charge on any atom is 0.347 e. The van der Waals surface area contributed by atoms with E-state index in [-0.39, 0.29) is 11.8 Å². The predicted molar refractivity (Wildman–Crippen MR) is 101 cm³/mol. The largest absolute Gasteiger partial charge is 0.479 e. The zero-order chi connectivity index (χ0) is 19.1. The highest BCUT2D eigenvalue weighted by atomic mass is 16.6. The van der Waals surface area contributed by atoms with Crippen LogP contribution in [0, 0.1) is 12.8 Å². The van der Waals surface area contributed by atoms with Crippen LogP contribution >= 0.6 is 0 Å². The van der Waals surface area contributed by atoms with E-state index < -0.39 is 12.1 Å². The molecule has 0 heterocycles. The summed E-state index contributed by atoms with van der Waals surface area (Å²) in [6.45, 7) is 7.94. The van der Waals surface area contributed by atoms with Crippen LogP contribution in [0.15, 0.2) is 48.5 Å². The molecule has 2 aromatic carbocycles. The molecule has 0 saturated carbocycles. The van der Waals surface area contributed by atoms with Crippen molar-refractivity contribution in [2.45, 2.75) is 33.8 Å². The summed E-state index contributed by atoms with van der Waals surface area (Å²) in [6.07, 6.45) is -0.707. The number of hydrogen-bond donors (Lipinski definition) is 1. The van der Waals surface area contributed by atoms with Gasteiger partial charge in [-0.25, -0.2) is 4.79 Å². The smallest absolute Gasteiger partial charge is 0.347 e. The van der Waals surface area contributed by atoms with Crippen LogP contribution in [-0.2, 0) is 9.53 Å². The molecule has 0 saturated heterocycles. The Hall–Kier alpha value is -2.82. The first kappa shape index (κ1) is 19.5. The van der Waals surface area contributed by atoms with Gasteiger partial charge in [0, 0.05) is 11.3 Å². The Morgan fingerprint density at radius 2 is 1.58 bits per heavy atom. The van der Waals surface area contributed by atoms with Crippen molar-refractivity contribution in [3.63, 3.8) is 0 Å². The number of carbonyl (C=O) groups excluding carboxylic acids is 2. The predicted octanol–water partition coefficient (Wildman–Crippen LogP) is 4.21. The highest BCUT2D eigenvalue weighted by Gasteiger charge is 2.17. The Bertz CT molecular complexity index is 736. The molecule has 0 aliphatic rings. The maximum atomic E-state index is 12.3. The fourth-order valence-electron chi connectivity index (χ4n) is 2.14. The summed E-state index contributed by atoms with van der Waals surface area (Å²) in [7, 11) is 0. The van der Waals surface area contributed by atoms with Gasteiger partial charge in [-0.05, 0) is 56.2 Å². The Morgan fingerprint density at radius 3 is 2.15 bits per heavy atom. The molecule has 2 rings (SSSR count). The molecule has 0 unspecified atom stereocenters. The van der Waals surface area contributed by atoms with Crippen LogP contribution in [-0.4, -0.2) is 24.6 Å². The molecule has 0 aromatic heterocycles. The number of hydrogen-bond acceptors (Lipinski definition) is 4. The minimum Gasteiger partial charge on any atom is -0.479 e. The molecule has 138 valence electrons. The van der Waals surface area contributed by atoms with Gasteiger partial charge in [0.2, 0.25) is 0 Å².